The number of hydrogen-bond acceptors (Lipinski definition) is 3. The van der Waals surface area contributed by atoms with Gasteiger partial charge < -0.3 is 14.2 Å². The SMILES string of the molecule is CC(C)(COCc1cccc(Oc2ccccc2)c1)c1ccc(OC2CCCC2)cc1. The van der Waals surface area contributed by atoms with Gasteiger partial charge in [0, 0.05) is 5.41 Å². The van der Waals surface area contributed by atoms with E-state index in [0.29, 0.717) is 19.3 Å². The summed E-state index contributed by atoms with van der Waals surface area (Å²) in [6.45, 7) is 5.63. The van der Waals surface area contributed by atoms with Crippen LogP contribution in [0.2, 0.25) is 0 Å². The highest BCUT2D eigenvalue weighted by Gasteiger charge is 2.22. The maximum Gasteiger partial charge on any atom is 0.127 e. The predicted octanol–water partition coefficient (Wildman–Crippen LogP) is 7.29. The van der Waals surface area contributed by atoms with Crippen molar-refractivity contribution < 1.29 is 14.2 Å². The van der Waals surface area contributed by atoms with Crippen molar-refractivity contribution in [3.8, 4) is 17.2 Å². The Hall–Kier alpha value is -2.78. The molecule has 0 bridgehead atoms. The second kappa shape index (κ2) is 10.0. The Bertz CT molecular complexity index is 942. The molecule has 0 saturated heterocycles. The van der Waals surface area contributed by atoms with Crippen LogP contribution in [0, 0.1) is 0 Å². The van der Waals surface area contributed by atoms with Crippen molar-refractivity contribution in [3.63, 3.8) is 0 Å². The second-order valence-electron chi connectivity index (χ2n) is 8.99. The lowest BCUT2D eigenvalue weighted by atomic mass is 9.85. The Labute approximate surface area is 186 Å². The molecule has 0 radical (unpaired) electrons. The Morgan fingerprint density at radius 3 is 2.23 bits per heavy atom. The molecule has 3 aromatic rings. The van der Waals surface area contributed by atoms with Gasteiger partial charge in [0.25, 0.3) is 0 Å². The molecule has 31 heavy (non-hydrogen) atoms. The highest BCUT2D eigenvalue weighted by molar-refractivity contribution is 5.34. The average Bonchev–Trinajstić information content (AvgIpc) is 3.28. The van der Waals surface area contributed by atoms with Gasteiger partial charge in [-0.2, -0.15) is 0 Å². The molecule has 0 aromatic heterocycles. The summed E-state index contributed by atoms with van der Waals surface area (Å²) in [6.07, 6.45) is 5.32. The minimum atomic E-state index is -0.0793. The molecular weight excluding hydrogens is 384 g/mol. The van der Waals surface area contributed by atoms with Crippen molar-refractivity contribution in [1.29, 1.82) is 0 Å². The van der Waals surface area contributed by atoms with Gasteiger partial charge in [0.1, 0.15) is 17.2 Å². The molecule has 1 fully saturated rings. The zero-order valence-corrected chi connectivity index (χ0v) is 18.6. The molecule has 0 unspecified atom stereocenters. The smallest absolute Gasteiger partial charge is 0.127 e. The van der Waals surface area contributed by atoms with Crippen LogP contribution in [0.3, 0.4) is 0 Å². The molecule has 3 nitrogen and oxygen atoms in total. The van der Waals surface area contributed by atoms with Gasteiger partial charge in [-0.1, -0.05) is 56.3 Å². The minimum absolute atomic E-state index is 0.0793. The van der Waals surface area contributed by atoms with Crippen LogP contribution in [-0.4, -0.2) is 12.7 Å². The summed E-state index contributed by atoms with van der Waals surface area (Å²) in [4.78, 5) is 0. The molecule has 1 aliphatic rings. The summed E-state index contributed by atoms with van der Waals surface area (Å²) < 4.78 is 18.1. The van der Waals surface area contributed by atoms with E-state index in [-0.39, 0.29) is 5.41 Å². The number of para-hydroxylation sites is 1. The van der Waals surface area contributed by atoms with E-state index >= 15 is 0 Å². The molecule has 3 heteroatoms. The molecule has 3 aromatic carbocycles. The Morgan fingerprint density at radius 2 is 1.48 bits per heavy atom. The van der Waals surface area contributed by atoms with Crippen LogP contribution in [0.25, 0.3) is 0 Å². The fourth-order valence-corrected chi connectivity index (χ4v) is 4.01. The van der Waals surface area contributed by atoms with Crippen LogP contribution in [0.5, 0.6) is 17.2 Å². The quantitative estimate of drug-likeness (QED) is 0.366. The van der Waals surface area contributed by atoms with Crippen molar-refractivity contribution in [2.24, 2.45) is 0 Å². The zero-order chi connectivity index (χ0) is 21.5. The van der Waals surface area contributed by atoms with Crippen molar-refractivity contribution >= 4 is 0 Å². The lowest BCUT2D eigenvalue weighted by molar-refractivity contribution is 0.0823. The molecule has 0 spiro atoms. The molecule has 0 aliphatic heterocycles. The number of hydrogen-bond donors (Lipinski definition) is 0. The first-order valence-electron chi connectivity index (χ1n) is 11.3. The lowest BCUT2D eigenvalue weighted by Crippen LogP contribution is -2.24. The molecular formula is C28H32O3. The third kappa shape index (κ3) is 6.11. The van der Waals surface area contributed by atoms with Gasteiger partial charge in [-0.25, -0.2) is 0 Å². The molecule has 0 amide bonds. The molecule has 162 valence electrons. The van der Waals surface area contributed by atoms with E-state index in [4.69, 9.17) is 14.2 Å². The molecule has 0 N–H and O–H groups in total. The zero-order valence-electron chi connectivity index (χ0n) is 18.6. The Kier molecular flexibility index (Phi) is 6.93. The van der Waals surface area contributed by atoms with Crippen LogP contribution < -0.4 is 9.47 Å². The molecule has 1 saturated carbocycles. The maximum atomic E-state index is 6.10. The summed E-state index contributed by atoms with van der Waals surface area (Å²) in [5.74, 6) is 2.63. The molecule has 1 aliphatic carbocycles. The normalized spacial score (nSPS) is 14.5. The van der Waals surface area contributed by atoms with Gasteiger partial charge in [0.15, 0.2) is 0 Å². The minimum Gasteiger partial charge on any atom is -0.490 e. The van der Waals surface area contributed by atoms with Gasteiger partial charge in [0.2, 0.25) is 0 Å². The van der Waals surface area contributed by atoms with E-state index in [1.165, 1.54) is 31.2 Å². The van der Waals surface area contributed by atoms with Crippen molar-refractivity contribution in [3.05, 3.63) is 90.0 Å². The third-order valence-electron chi connectivity index (χ3n) is 5.85. The summed E-state index contributed by atoms with van der Waals surface area (Å²) in [7, 11) is 0. The number of ether oxygens (including phenoxy) is 3. The summed E-state index contributed by atoms with van der Waals surface area (Å²) in [6, 6.07) is 26.4. The summed E-state index contributed by atoms with van der Waals surface area (Å²) in [5.41, 5.74) is 2.28. The van der Waals surface area contributed by atoms with Gasteiger partial charge in [-0.15, -0.1) is 0 Å². The van der Waals surface area contributed by atoms with E-state index in [1.54, 1.807) is 0 Å². The highest BCUT2D eigenvalue weighted by atomic mass is 16.5. The fraction of sp³-hybridized carbons (Fsp3) is 0.357. The van der Waals surface area contributed by atoms with E-state index in [0.717, 1.165) is 22.8 Å². The van der Waals surface area contributed by atoms with E-state index < -0.39 is 0 Å². The third-order valence-corrected chi connectivity index (χ3v) is 5.85. The van der Waals surface area contributed by atoms with Crippen molar-refractivity contribution in [2.45, 2.75) is 57.7 Å². The maximum absolute atomic E-state index is 6.10. The van der Waals surface area contributed by atoms with E-state index in [1.807, 2.05) is 48.5 Å². The average molecular weight is 417 g/mol. The van der Waals surface area contributed by atoms with E-state index in [9.17, 15) is 0 Å². The topological polar surface area (TPSA) is 27.7 Å². The lowest BCUT2D eigenvalue weighted by Gasteiger charge is -2.25. The van der Waals surface area contributed by atoms with Crippen LogP contribution in [0.4, 0.5) is 0 Å². The van der Waals surface area contributed by atoms with Crippen LogP contribution in [0.1, 0.15) is 50.7 Å². The first-order valence-corrected chi connectivity index (χ1v) is 11.3. The number of benzene rings is 3. The van der Waals surface area contributed by atoms with Crippen LogP contribution in [-0.2, 0) is 16.8 Å². The highest BCUT2D eigenvalue weighted by Crippen LogP contribution is 2.29. The molecule has 4 rings (SSSR count). The van der Waals surface area contributed by atoms with Crippen LogP contribution in [0.15, 0.2) is 78.9 Å². The fourth-order valence-electron chi connectivity index (χ4n) is 4.01. The summed E-state index contributed by atoms with van der Waals surface area (Å²) >= 11 is 0. The molecule has 0 heterocycles. The van der Waals surface area contributed by atoms with E-state index in [2.05, 4.69) is 44.2 Å². The Morgan fingerprint density at radius 1 is 0.774 bits per heavy atom. The van der Waals surface area contributed by atoms with Crippen LogP contribution >= 0.6 is 0 Å². The standard InChI is InChI=1S/C28H32O3/c1-28(2,23-15-17-26(18-16-23)30-24-12-6-7-13-24)21-29-20-22-9-8-14-27(19-22)31-25-10-4-3-5-11-25/h3-5,8-11,14-19,24H,6-7,12-13,20-21H2,1-2H3. The monoisotopic (exact) mass is 416 g/mol. The van der Waals surface area contributed by atoms with Gasteiger partial charge in [-0.05, 0) is 73.2 Å². The van der Waals surface area contributed by atoms with Gasteiger partial charge in [0.05, 0.1) is 19.3 Å². The summed E-state index contributed by atoms with van der Waals surface area (Å²) in [5, 5.41) is 0. The first kappa shape index (κ1) is 21.5. The first-order chi connectivity index (χ1) is 15.1. The van der Waals surface area contributed by atoms with Crippen molar-refractivity contribution in [2.75, 3.05) is 6.61 Å². The van der Waals surface area contributed by atoms with Crippen molar-refractivity contribution in [1.82, 2.24) is 0 Å². The molecule has 0 atom stereocenters. The van der Waals surface area contributed by atoms with Gasteiger partial charge in [-0.3, -0.25) is 0 Å². The largest absolute Gasteiger partial charge is 0.490 e. The number of rotatable bonds is 9. The van der Waals surface area contributed by atoms with Gasteiger partial charge >= 0.3 is 0 Å². The predicted molar refractivity (Wildman–Crippen MR) is 125 cm³/mol. The Balaban J connectivity index is 1.29. The second-order valence-corrected chi connectivity index (χ2v) is 8.99.